The Balaban J connectivity index is 2.49. The van der Waals surface area contributed by atoms with Gasteiger partial charge in [0.1, 0.15) is 21.4 Å². The van der Waals surface area contributed by atoms with E-state index in [1.165, 1.54) is 18.2 Å². The molecular formula is C11H15FO4S. The van der Waals surface area contributed by atoms with Crippen LogP contribution in [0.15, 0.2) is 18.2 Å². The van der Waals surface area contributed by atoms with Crippen molar-refractivity contribution >= 4 is 9.84 Å². The van der Waals surface area contributed by atoms with Gasteiger partial charge in [-0.1, -0.05) is 0 Å². The Labute approximate surface area is 100.0 Å². The van der Waals surface area contributed by atoms with E-state index in [-0.39, 0.29) is 19.0 Å². The monoisotopic (exact) mass is 262 g/mol. The van der Waals surface area contributed by atoms with Gasteiger partial charge in [-0.2, -0.15) is 0 Å². The van der Waals surface area contributed by atoms with Crippen LogP contribution in [0.1, 0.15) is 12.0 Å². The molecule has 6 heteroatoms. The lowest BCUT2D eigenvalue weighted by Crippen LogP contribution is -2.08. The minimum absolute atomic E-state index is 0.0369. The van der Waals surface area contributed by atoms with Gasteiger partial charge in [0.05, 0.1) is 19.0 Å². The zero-order valence-corrected chi connectivity index (χ0v) is 10.3. The standard InChI is InChI=1S/C11H15FO4S/c1-17(14,15)4-2-3-16-11-6-9(8-13)5-10(12)7-11/h5-7,13H,2-4,8H2,1H3. The first-order valence-corrected chi connectivity index (χ1v) is 7.17. The molecule has 0 atom stereocenters. The van der Waals surface area contributed by atoms with Gasteiger partial charge in [0.2, 0.25) is 0 Å². The number of aliphatic hydroxyl groups excluding tert-OH is 1. The number of benzene rings is 1. The fourth-order valence-electron chi connectivity index (χ4n) is 1.31. The number of sulfone groups is 1. The van der Waals surface area contributed by atoms with E-state index in [1.807, 2.05) is 0 Å². The van der Waals surface area contributed by atoms with Crippen LogP contribution >= 0.6 is 0 Å². The molecule has 0 aliphatic carbocycles. The number of hydrogen-bond acceptors (Lipinski definition) is 4. The highest BCUT2D eigenvalue weighted by molar-refractivity contribution is 7.90. The first-order chi connectivity index (χ1) is 7.90. The maximum Gasteiger partial charge on any atom is 0.147 e. The van der Waals surface area contributed by atoms with E-state index in [0.717, 1.165) is 6.26 Å². The van der Waals surface area contributed by atoms with Gasteiger partial charge in [0.25, 0.3) is 0 Å². The third kappa shape index (κ3) is 5.65. The van der Waals surface area contributed by atoms with Crippen LogP contribution in [0.25, 0.3) is 0 Å². The van der Waals surface area contributed by atoms with Gasteiger partial charge in [-0.3, -0.25) is 0 Å². The van der Waals surface area contributed by atoms with Gasteiger partial charge in [-0.25, -0.2) is 12.8 Å². The summed E-state index contributed by atoms with van der Waals surface area (Å²) in [6.07, 6.45) is 1.50. The van der Waals surface area contributed by atoms with Gasteiger partial charge in [-0.15, -0.1) is 0 Å². The molecule has 0 saturated heterocycles. The van der Waals surface area contributed by atoms with Crippen molar-refractivity contribution in [1.29, 1.82) is 0 Å². The minimum atomic E-state index is -2.99. The Kier molecular flexibility index (Phi) is 4.89. The third-order valence-corrected chi connectivity index (χ3v) is 3.07. The normalized spacial score (nSPS) is 11.5. The summed E-state index contributed by atoms with van der Waals surface area (Å²) in [4.78, 5) is 0. The average molecular weight is 262 g/mol. The lowest BCUT2D eigenvalue weighted by Gasteiger charge is -2.07. The summed E-state index contributed by atoms with van der Waals surface area (Å²) >= 11 is 0. The lowest BCUT2D eigenvalue weighted by atomic mass is 10.2. The summed E-state index contributed by atoms with van der Waals surface area (Å²) in [7, 11) is -2.99. The molecule has 1 N–H and O–H groups in total. The molecule has 96 valence electrons. The number of hydrogen-bond donors (Lipinski definition) is 1. The van der Waals surface area contributed by atoms with Crippen LogP contribution in [-0.2, 0) is 16.4 Å². The molecule has 0 radical (unpaired) electrons. The van der Waals surface area contributed by atoms with E-state index in [2.05, 4.69) is 0 Å². The highest BCUT2D eigenvalue weighted by Crippen LogP contribution is 2.16. The van der Waals surface area contributed by atoms with E-state index in [0.29, 0.717) is 17.7 Å². The number of aliphatic hydroxyl groups is 1. The van der Waals surface area contributed by atoms with Crippen molar-refractivity contribution in [2.45, 2.75) is 13.0 Å². The molecule has 1 aromatic rings. The predicted molar refractivity (Wildman–Crippen MR) is 62.1 cm³/mol. The van der Waals surface area contributed by atoms with E-state index in [1.54, 1.807) is 0 Å². The molecule has 0 bridgehead atoms. The first-order valence-electron chi connectivity index (χ1n) is 5.11. The smallest absolute Gasteiger partial charge is 0.147 e. The van der Waals surface area contributed by atoms with Gasteiger partial charge in [0, 0.05) is 12.3 Å². The molecule has 1 rings (SSSR count). The molecule has 0 amide bonds. The summed E-state index contributed by atoms with van der Waals surface area (Å²) in [5.41, 5.74) is 0.420. The lowest BCUT2D eigenvalue weighted by molar-refractivity contribution is 0.278. The Hall–Kier alpha value is -1.14. The molecule has 0 heterocycles. The number of rotatable bonds is 6. The van der Waals surface area contributed by atoms with Gasteiger partial charge in [-0.05, 0) is 24.1 Å². The van der Waals surface area contributed by atoms with Crippen LogP contribution in [0.3, 0.4) is 0 Å². The largest absolute Gasteiger partial charge is 0.493 e. The van der Waals surface area contributed by atoms with Gasteiger partial charge >= 0.3 is 0 Å². The Morgan fingerprint density at radius 2 is 2.06 bits per heavy atom. The minimum Gasteiger partial charge on any atom is -0.493 e. The second-order valence-corrected chi connectivity index (χ2v) is 6.04. The van der Waals surface area contributed by atoms with Crippen molar-refractivity contribution in [3.05, 3.63) is 29.6 Å². The van der Waals surface area contributed by atoms with Crippen molar-refractivity contribution in [1.82, 2.24) is 0 Å². The summed E-state index contributed by atoms with van der Waals surface area (Å²) in [5, 5.41) is 8.86. The molecule has 0 aliphatic heterocycles. The van der Waals surface area contributed by atoms with Crippen molar-refractivity contribution in [2.75, 3.05) is 18.6 Å². The molecule has 0 saturated carbocycles. The summed E-state index contributed by atoms with van der Waals surface area (Å²) < 4.78 is 39.9. The molecule has 0 fully saturated rings. The third-order valence-electron chi connectivity index (χ3n) is 2.04. The van der Waals surface area contributed by atoms with E-state index in [9.17, 15) is 12.8 Å². The van der Waals surface area contributed by atoms with Crippen molar-refractivity contribution in [2.24, 2.45) is 0 Å². The van der Waals surface area contributed by atoms with Crippen LogP contribution in [-0.4, -0.2) is 32.1 Å². The Morgan fingerprint density at radius 1 is 1.35 bits per heavy atom. The topological polar surface area (TPSA) is 63.6 Å². The van der Waals surface area contributed by atoms with Crippen LogP contribution in [0.5, 0.6) is 5.75 Å². The highest BCUT2D eigenvalue weighted by Gasteiger charge is 2.04. The fourth-order valence-corrected chi connectivity index (χ4v) is 1.95. The molecule has 0 aromatic heterocycles. The van der Waals surface area contributed by atoms with E-state index >= 15 is 0 Å². The second-order valence-electron chi connectivity index (χ2n) is 3.79. The van der Waals surface area contributed by atoms with Gasteiger partial charge < -0.3 is 9.84 Å². The Bertz CT molecular complexity index is 470. The predicted octanol–water partition coefficient (Wildman–Crippen LogP) is 1.13. The van der Waals surface area contributed by atoms with Gasteiger partial charge in [0.15, 0.2) is 0 Å². The van der Waals surface area contributed by atoms with E-state index < -0.39 is 15.7 Å². The number of ether oxygens (including phenoxy) is 1. The van der Waals surface area contributed by atoms with Crippen LogP contribution in [0.2, 0.25) is 0 Å². The van der Waals surface area contributed by atoms with Crippen molar-refractivity contribution < 1.29 is 22.7 Å². The van der Waals surface area contributed by atoms with E-state index in [4.69, 9.17) is 9.84 Å². The summed E-state index contributed by atoms with van der Waals surface area (Å²) in [5.74, 6) is -0.160. The van der Waals surface area contributed by atoms with Crippen LogP contribution in [0.4, 0.5) is 4.39 Å². The quantitative estimate of drug-likeness (QED) is 0.781. The molecule has 0 aliphatic rings. The van der Waals surface area contributed by atoms with Crippen molar-refractivity contribution in [3.63, 3.8) is 0 Å². The van der Waals surface area contributed by atoms with Crippen LogP contribution in [0, 0.1) is 5.82 Å². The van der Waals surface area contributed by atoms with Crippen molar-refractivity contribution in [3.8, 4) is 5.75 Å². The number of halogens is 1. The average Bonchev–Trinajstić information content (AvgIpc) is 2.22. The molecule has 4 nitrogen and oxygen atoms in total. The molecular weight excluding hydrogens is 247 g/mol. The maximum absolute atomic E-state index is 13.0. The summed E-state index contributed by atoms with van der Waals surface area (Å²) in [6, 6.07) is 3.92. The molecule has 0 unspecified atom stereocenters. The molecule has 0 spiro atoms. The summed E-state index contributed by atoms with van der Waals surface area (Å²) in [6.45, 7) is -0.0706. The maximum atomic E-state index is 13.0. The zero-order chi connectivity index (χ0) is 12.9. The molecule has 17 heavy (non-hydrogen) atoms. The molecule has 1 aromatic carbocycles. The first kappa shape index (κ1) is 13.9. The zero-order valence-electron chi connectivity index (χ0n) is 9.52. The second kappa shape index (κ2) is 5.97. The Morgan fingerprint density at radius 3 is 2.65 bits per heavy atom. The van der Waals surface area contributed by atoms with Crippen LogP contribution < -0.4 is 4.74 Å². The SMILES string of the molecule is CS(=O)(=O)CCCOc1cc(F)cc(CO)c1. The fraction of sp³-hybridized carbons (Fsp3) is 0.455. The highest BCUT2D eigenvalue weighted by atomic mass is 32.2.